The highest BCUT2D eigenvalue weighted by atomic mass is 16.5. The first-order valence-electron chi connectivity index (χ1n) is 7.56. The van der Waals surface area contributed by atoms with Crippen molar-refractivity contribution >= 4 is 0 Å². The molecule has 2 rings (SSSR count). The normalized spacial score (nSPS) is 36.3. The van der Waals surface area contributed by atoms with E-state index in [0.29, 0.717) is 17.5 Å². The molecule has 0 aromatic rings. The summed E-state index contributed by atoms with van der Waals surface area (Å²) in [6, 6.07) is 0.766. The molecule has 0 bridgehead atoms. The van der Waals surface area contributed by atoms with Crippen molar-refractivity contribution in [2.24, 2.45) is 17.1 Å². The lowest BCUT2D eigenvalue weighted by molar-refractivity contribution is 0.00613. The highest BCUT2D eigenvalue weighted by Crippen LogP contribution is 2.34. The summed E-state index contributed by atoms with van der Waals surface area (Å²) in [7, 11) is 0. The summed E-state index contributed by atoms with van der Waals surface area (Å²) in [6.45, 7) is 11.2. The first-order valence-corrected chi connectivity index (χ1v) is 7.56. The quantitative estimate of drug-likeness (QED) is 0.780. The van der Waals surface area contributed by atoms with Crippen LogP contribution in [-0.2, 0) is 4.74 Å². The summed E-state index contributed by atoms with van der Waals surface area (Å²) < 4.78 is 5.62. The molecule has 0 aromatic carbocycles. The Morgan fingerprint density at radius 1 is 1.11 bits per heavy atom. The van der Waals surface area contributed by atoms with Gasteiger partial charge in [-0.05, 0) is 50.1 Å². The van der Waals surface area contributed by atoms with Gasteiger partial charge in [-0.3, -0.25) is 4.90 Å². The van der Waals surface area contributed by atoms with Crippen LogP contribution in [0.3, 0.4) is 0 Å². The van der Waals surface area contributed by atoms with Gasteiger partial charge in [0.05, 0.1) is 6.61 Å². The van der Waals surface area contributed by atoms with Crippen molar-refractivity contribution in [2.45, 2.75) is 58.5 Å². The van der Waals surface area contributed by atoms with Crippen molar-refractivity contribution in [1.29, 1.82) is 0 Å². The number of nitrogens with two attached hydrogens (primary N) is 1. The van der Waals surface area contributed by atoms with Crippen LogP contribution in [0.5, 0.6) is 0 Å². The Bertz CT molecular complexity index is 262. The Balaban J connectivity index is 1.92. The minimum absolute atomic E-state index is 0.310. The second-order valence-electron chi connectivity index (χ2n) is 7.12. The molecule has 2 N–H and O–H groups in total. The maximum absolute atomic E-state index is 6.26. The molecule has 3 nitrogen and oxygen atoms in total. The molecule has 0 aliphatic carbocycles. The van der Waals surface area contributed by atoms with Crippen LogP contribution in [0, 0.1) is 11.3 Å². The van der Waals surface area contributed by atoms with E-state index in [1.165, 1.54) is 32.4 Å². The monoisotopic (exact) mass is 254 g/mol. The molecule has 0 saturated carbocycles. The smallest absolute Gasteiger partial charge is 0.0636 e. The molecule has 0 radical (unpaired) electrons. The highest BCUT2D eigenvalue weighted by molar-refractivity contribution is 4.88. The molecule has 2 saturated heterocycles. The summed E-state index contributed by atoms with van der Waals surface area (Å²) in [5.74, 6) is 0.850. The zero-order valence-corrected chi connectivity index (χ0v) is 12.3. The fraction of sp³-hybridized carbons (Fsp3) is 1.00. The van der Waals surface area contributed by atoms with Gasteiger partial charge in [-0.2, -0.15) is 0 Å². The number of likely N-dealkylation sites (tertiary alicyclic amines) is 1. The molecule has 2 fully saturated rings. The van der Waals surface area contributed by atoms with Crippen molar-refractivity contribution in [3.05, 3.63) is 0 Å². The van der Waals surface area contributed by atoms with Gasteiger partial charge in [-0.25, -0.2) is 0 Å². The average molecular weight is 254 g/mol. The predicted octanol–water partition coefficient (Wildman–Crippen LogP) is 2.25. The first kappa shape index (κ1) is 14.3. The van der Waals surface area contributed by atoms with Crippen LogP contribution in [0.4, 0.5) is 0 Å². The van der Waals surface area contributed by atoms with E-state index in [0.717, 1.165) is 25.6 Å². The van der Waals surface area contributed by atoms with Crippen molar-refractivity contribution in [3.8, 4) is 0 Å². The van der Waals surface area contributed by atoms with E-state index in [1.54, 1.807) is 0 Å². The molecule has 3 heteroatoms. The molecule has 0 aromatic heterocycles. The molecular formula is C15H30N2O. The summed E-state index contributed by atoms with van der Waals surface area (Å²) in [5.41, 5.74) is 6.71. The van der Waals surface area contributed by atoms with Crippen molar-refractivity contribution in [2.75, 3.05) is 26.3 Å². The first-order chi connectivity index (χ1) is 8.48. The summed E-state index contributed by atoms with van der Waals surface area (Å²) >= 11 is 0. The Morgan fingerprint density at radius 2 is 1.89 bits per heavy atom. The van der Waals surface area contributed by atoms with Gasteiger partial charge in [0.2, 0.25) is 0 Å². The lowest BCUT2D eigenvalue weighted by Gasteiger charge is -2.38. The molecular weight excluding hydrogens is 224 g/mol. The molecule has 3 atom stereocenters. The molecule has 2 aliphatic rings. The van der Waals surface area contributed by atoms with Gasteiger partial charge in [-0.1, -0.05) is 20.8 Å². The molecule has 2 heterocycles. The van der Waals surface area contributed by atoms with Crippen LogP contribution in [0.2, 0.25) is 0 Å². The topological polar surface area (TPSA) is 38.5 Å². The third-order valence-corrected chi connectivity index (χ3v) is 4.83. The van der Waals surface area contributed by atoms with Crippen molar-refractivity contribution < 1.29 is 4.74 Å². The van der Waals surface area contributed by atoms with E-state index in [2.05, 4.69) is 25.7 Å². The summed E-state index contributed by atoms with van der Waals surface area (Å²) in [6.07, 6.45) is 5.00. The third-order valence-electron chi connectivity index (χ3n) is 4.83. The number of hydrogen-bond donors (Lipinski definition) is 1. The Morgan fingerprint density at radius 3 is 2.56 bits per heavy atom. The van der Waals surface area contributed by atoms with E-state index in [9.17, 15) is 0 Å². The zero-order chi connectivity index (χ0) is 13.2. The third kappa shape index (κ3) is 3.46. The molecule has 106 valence electrons. The van der Waals surface area contributed by atoms with E-state index in [4.69, 9.17) is 10.5 Å². The fourth-order valence-corrected chi connectivity index (χ4v) is 3.43. The second kappa shape index (κ2) is 5.89. The summed E-state index contributed by atoms with van der Waals surface area (Å²) in [4.78, 5) is 2.59. The minimum Gasteiger partial charge on any atom is -0.380 e. The maximum Gasteiger partial charge on any atom is 0.0636 e. The van der Waals surface area contributed by atoms with E-state index >= 15 is 0 Å². The number of nitrogens with zero attached hydrogens (tertiary/aromatic N) is 1. The van der Waals surface area contributed by atoms with Crippen LogP contribution in [0.25, 0.3) is 0 Å². The Labute approximate surface area is 112 Å². The van der Waals surface area contributed by atoms with Crippen molar-refractivity contribution in [1.82, 2.24) is 4.90 Å². The second-order valence-corrected chi connectivity index (χ2v) is 7.12. The number of ether oxygens (including phenoxy) is 1. The standard InChI is InChI=1S/C15H30N2O/c1-15(2,3)12-5-4-8-17(9-6-12)14-11-18-10-7-13(14)16/h12-14H,4-11,16H2,1-3H3. The van der Waals surface area contributed by atoms with E-state index in [-0.39, 0.29) is 0 Å². The molecule has 0 amide bonds. The molecule has 18 heavy (non-hydrogen) atoms. The molecule has 2 aliphatic heterocycles. The predicted molar refractivity (Wildman–Crippen MR) is 75.6 cm³/mol. The van der Waals surface area contributed by atoms with Gasteiger partial charge < -0.3 is 10.5 Å². The van der Waals surface area contributed by atoms with Crippen molar-refractivity contribution in [3.63, 3.8) is 0 Å². The largest absolute Gasteiger partial charge is 0.380 e. The zero-order valence-electron chi connectivity index (χ0n) is 12.3. The molecule has 0 spiro atoms. The highest BCUT2D eigenvalue weighted by Gasteiger charge is 2.32. The lowest BCUT2D eigenvalue weighted by atomic mass is 9.77. The molecule has 3 unspecified atom stereocenters. The number of hydrogen-bond acceptors (Lipinski definition) is 3. The Kier molecular flexibility index (Phi) is 4.68. The maximum atomic E-state index is 6.26. The van der Waals surface area contributed by atoms with Gasteiger partial charge in [0.15, 0.2) is 0 Å². The van der Waals surface area contributed by atoms with Crippen LogP contribution < -0.4 is 5.73 Å². The SMILES string of the molecule is CC(C)(C)C1CCCN(C2COCCC2N)CC1. The van der Waals surface area contributed by atoms with Crippen LogP contribution in [-0.4, -0.2) is 43.3 Å². The number of rotatable bonds is 1. The Hall–Kier alpha value is -0.120. The van der Waals surface area contributed by atoms with Gasteiger partial charge in [-0.15, -0.1) is 0 Å². The van der Waals surface area contributed by atoms with Gasteiger partial charge in [0.1, 0.15) is 0 Å². The van der Waals surface area contributed by atoms with Gasteiger partial charge >= 0.3 is 0 Å². The average Bonchev–Trinajstić information content (AvgIpc) is 2.54. The van der Waals surface area contributed by atoms with E-state index in [1.807, 2.05) is 0 Å². The minimum atomic E-state index is 0.310. The van der Waals surface area contributed by atoms with Crippen LogP contribution in [0.15, 0.2) is 0 Å². The van der Waals surface area contributed by atoms with E-state index < -0.39 is 0 Å². The van der Waals surface area contributed by atoms with Crippen LogP contribution in [0.1, 0.15) is 46.5 Å². The lowest BCUT2D eigenvalue weighted by Crippen LogP contribution is -2.53. The fourth-order valence-electron chi connectivity index (χ4n) is 3.43. The van der Waals surface area contributed by atoms with Gasteiger partial charge in [0, 0.05) is 18.7 Å². The summed E-state index contributed by atoms with van der Waals surface area (Å²) in [5, 5.41) is 0. The van der Waals surface area contributed by atoms with Crippen LogP contribution >= 0.6 is 0 Å². The van der Waals surface area contributed by atoms with Gasteiger partial charge in [0.25, 0.3) is 0 Å².